The van der Waals surface area contributed by atoms with Gasteiger partial charge in [-0.3, -0.25) is 0 Å². The van der Waals surface area contributed by atoms with Crippen molar-refractivity contribution in [1.82, 2.24) is 4.98 Å². The minimum absolute atomic E-state index is 0.00489. The monoisotopic (exact) mass is 250 g/mol. The van der Waals surface area contributed by atoms with E-state index in [2.05, 4.69) is 16.5 Å². The van der Waals surface area contributed by atoms with Crippen molar-refractivity contribution in [3.05, 3.63) is 35.5 Å². The van der Waals surface area contributed by atoms with Crippen LogP contribution in [-0.4, -0.2) is 36.9 Å². The molecule has 1 aromatic rings. The molecule has 4 nitrogen and oxygen atoms in total. The Morgan fingerprint density at radius 1 is 1.50 bits per heavy atom. The maximum atomic E-state index is 9.51. The fourth-order valence-electron chi connectivity index (χ4n) is 1.94. The summed E-state index contributed by atoms with van der Waals surface area (Å²) >= 11 is 0. The molecule has 1 heterocycles. The van der Waals surface area contributed by atoms with Crippen molar-refractivity contribution >= 4 is 5.82 Å². The average molecular weight is 250 g/mol. The van der Waals surface area contributed by atoms with Crippen molar-refractivity contribution in [2.75, 3.05) is 31.7 Å². The fraction of sp³-hybridized carbons (Fsp3) is 0.500. The quantitative estimate of drug-likeness (QED) is 0.750. The van der Waals surface area contributed by atoms with Crippen molar-refractivity contribution in [2.24, 2.45) is 0 Å². The zero-order valence-electron chi connectivity index (χ0n) is 11.4. The van der Waals surface area contributed by atoms with Crippen LogP contribution in [0.3, 0.4) is 0 Å². The first-order valence-corrected chi connectivity index (χ1v) is 6.06. The number of pyridine rings is 1. The van der Waals surface area contributed by atoms with Gasteiger partial charge in [0.15, 0.2) is 0 Å². The van der Waals surface area contributed by atoms with Gasteiger partial charge in [0.1, 0.15) is 5.82 Å². The van der Waals surface area contributed by atoms with E-state index < -0.39 is 0 Å². The molecule has 0 aliphatic rings. The number of aliphatic hydroxyl groups is 1. The largest absolute Gasteiger partial charge is 0.392 e. The summed E-state index contributed by atoms with van der Waals surface area (Å²) in [6, 6.07) is 1.98. The number of aliphatic hydroxyl groups excluding tert-OH is 1. The molecular weight excluding hydrogens is 228 g/mol. The third kappa shape index (κ3) is 3.55. The first kappa shape index (κ1) is 14.7. The lowest BCUT2D eigenvalue weighted by Crippen LogP contribution is -2.29. The SMILES string of the molecule is C=CCN(CCOC)c1nc(C)cc(C)c1CO. The Morgan fingerprint density at radius 3 is 2.78 bits per heavy atom. The molecule has 0 fully saturated rings. The summed E-state index contributed by atoms with van der Waals surface area (Å²) in [5.74, 6) is 0.826. The lowest BCUT2D eigenvalue weighted by atomic mass is 10.1. The van der Waals surface area contributed by atoms with E-state index in [-0.39, 0.29) is 6.61 Å². The van der Waals surface area contributed by atoms with Crippen LogP contribution in [0.5, 0.6) is 0 Å². The summed E-state index contributed by atoms with van der Waals surface area (Å²) in [6.45, 7) is 9.74. The lowest BCUT2D eigenvalue weighted by molar-refractivity contribution is 0.205. The molecular formula is C14H22N2O2. The molecule has 0 radical (unpaired) electrons. The zero-order valence-corrected chi connectivity index (χ0v) is 11.4. The van der Waals surface area contributed by atoms with Crippen LogP contribution in [-0.2, 0) is 11.3 Å². The van der Waals surface area contributed by atoms with Gasteiger partial charge < -0.3 is 14.7 Å². The number of aromatic nitrogens is 1. The summed E-state index contributed by atoms with van der Waals surface area (Å²) in [5.41, 5.74) is 2.89. The molecule has 4 heteroatoms. The number of hydrogen-bond donors (Lipinski definition) is 1. The standard InChI is InChI=1S/C14H22N2O2/c1-5-6-16(7-8-18-4)14-13(10-17)11(2)9-12(3)15-14/h5,9,17H,1,6-8,10H2,2-4H3. The summed E-state index contributed by atoms with van der Waals surface area (Å²) in [5, 5.41) is 9.51. The van der Waals surface area contributed by atoms with E-state index in [1.165, 1.54) is 0 Å². The van der Waals surface area contributed by atoms with Crippen LogP contribution in [0.15, 0.2) is 18.7 Å². The van der Waals surface area contributed by atoms with Crippen molar-refractivity contribution in [2.45, 2.75) is 20.5 Å². The molecule has 0 aliphatic heterocycles. The van der Waals surface area contributed by atoms with Crippen LogP contribution in [0.1, 0.15) is 16.8 Å². The molecule has 0 bridgehead atoms. The lowest BCUT2D eigenvalue weighted by Gasteiger charge is -2.25. The highest BCUT2D eigenvalue weighted by Crippen LogP contribution is 2.22. The predicted molar refractivity (Wildman–Crippen MR) is 73.9 cm³/mol. The second-order valence-electron chi connectivity index (χ2n) is 4.27. The minimum Gasteiger partial charge on any atom is -0.392 e. The average Bonchev–Trinajstić information content (AvgIpc) is 2.33. The Balaban J connectivity index is 3.12. The van der Waals surface area contributed by atoms with E-state index in [1.807, 2.05) is 26.0 Å². The Morgan fingerprint density at radius 2 is 2.22 bits per heavy atom. The van der Waals surface area contributed by atoms with Gasteiger partial charge in [-0.05, 0) is 25.5 Å². The molecule has 0 atom stereocenters. The predicted octanol–water partition coefficient (Wildman–Crippen LogP) is 1.83. The second-order valence-corrected chi connectivity index (χ2v) is 4.27. The minimum atomic E-state index is -0.00489. The first-order valence-electron chi connectivity index (χ1n) is 6.06. The van der Waals surface area contributed by atoms with Gasteiger partial charge in [0, 0.05) is 31.5 Å². The highest BCUT2D eigenvalue weighted by molar-refractivity contribution is 5.51. The molecule has 1 rings (SSSR count). The van der Waals surface area contributed by atoms with Crippen molar-refractivity contribution in [1.29, 1.82) is 0 Å². The smallest absolute Gasteiger partial charge is 0.134 e. The maximum Gasteiger partial charge on any atom is 0.134 e. The second kappa shape index (κ2) is 7.13. The molecule has 1 N–H and O–H groups in total. The number of rotatable bonds is 7. The molecule has 0 spiro atoms. The van der Waals surface area contributed by atoms with Crippen LogP contribution >= 0.6 is 0 Å². The summed E-state index contributed by atoms with van der Waals surface area (Å²) in [6.07, 6.45) is 1.83. The third-order valence-corrected chi connectivity index (χ3v) is 2.83. The van der Waals surface area contributed by atoms with E-state index in [9.17, 15) is 5.11 Å². The summed E-state index contributed by atoms with van der Waals surface area (Å²) in [7, 11) is 1.67. The van der Waals surface area contributed by atoms with Gasteiger partial charge in [0.2, 0.25) is 0 Å². The van der Waals surface area contributed by atoms with Crippen molar-refractivity contribution in [3.63, 3.8) is 0 Å². The number of nitrogens with zero attached hydrogens (tertiary/aromatic N) is 2. The molecule has 0 unspecified atom stereocenters. The van der Waals surface area contributed by atoms with Crippen LogP contribution in [0.2, 0.25) is 0 Å². The maximum absolute atomic E-state index is 9.51. The molecule has 0 aliphatic carbocycles. The van der Waals surface area contributed by atoms with Crippen molar-refractivity contribution in [3.8, 4) is 0 Å². The Kier molecular flexibility index (Phi) is 5.82. The number of anilines is 1. The highest BCUT2D eigenvalue weighted by Gasteiger charge is 2.14. The van der Waals surface area contributed by atoms with Crippen LogP contribution in [0.25, 0.3) is 0 Å². The van der Waals surface area contributed by atoms with Gasteiger partial charge >= 0.3 is 0 Å². The van der Waals surface area contributed by atoms with Gasteiger partial charge in [0.05, 0.1) is 13.2 Å². The summed E-state index contributed by atoms with van der Waals surface area (Å²) in [4.78, 5) is 6.61. The summed E-state index contributed by atoms with van der Waals surface area (Å²) < 4.78 is 5.11. The fourth-order valence-corrected chi connectivity index (χ4v) is 1.94. The molecule has 18 heavy (non-hydrogen) atoms. The normalized spacial score (nSPS) is 10.4. The third-order valence-electron chi connectivity index (χ3n) is 2.83. The van der Waals surface area contributed by atoms with Gasteiger partial charge in [-0.2, -0.15) is 0 Å². The Hall–Kier alpha value is -1.39. The number of aryl methyl sites for hydroxylation is 2. The molecule has 0 saturated heterocycles. The van der Waals surface area contributed by atoms with E-state index in [0.717, 1.165) is 29.2 Å². The molecule has 0 amide bonds. The number of hydrogen-bond acceptors (Lipinski definition) is 4. The molecule has 0 aromatic carbocycles. The van der Waals surface area contributed by atoms with E-state index in [0.29, 0.717) is 13.2 Å². The van der Waals surface area contributed by atoms with Crippen LogP contribution in [0, 0.1) is 13.8 Å². The van der Waals surface area contributed by atoms with Gasteiger partial charge in [-0.15, -0.1) is 6.58 Å². The van der Waals surface area contributed by atoms with E-state index in [4.69, 9.17) is 4.74 Å². The van der Waals surface area contributed by atoms with Crippen LogP contribution in [0.4, 0.5) is 5.82 Å². The molecule has 1 aromatic heterocycles. The highest BCUT2D eigenvalue weighted by atomic mass is 16.5. The molecule has 100 valence electrons. The van der Waals surface area contributed by atoms with E-state index in [1.54, 1.807) is 7.11 Å². The number of ether oxygens (including phenoxy) is 1. The number of methoxy groups -OCH3 is 1. The Bertz CT molecular complexity index is 405. The van der Waals surface area contributed by atoms with Gasteiger partial charge in [0.25, 0.3) is 0 Å². The van der Waals surface area contributed by atoms with Gasteiger partial charge in [-0.25, -0.2) is 4.98 Å². The van der Waals surface area contributed by atoms with Crippen molar-refractivity contribution < 1.29 is 9.84 Å². The Labute approximate surface area is 109 Å². The van der Waals surface area contributed by atoms with E-state index >= 15 is 0 Å². The first-order chi connectivity index (χ1) is 8.63. The molecule has 0 saturated carbocycles. The van der Waals surface area contributed by atoms with Gasteiger partial charge in [-0.1, -0.05) is 6.08 Å². The topological polar surface area (TPSA) is 45.6 Å². The van der Waals surface area contributed by atoms with Crippen LogP contribution < -0.4 is 4.90 Å². The zero-order chi connectivity index (χ0) is 13.5.